The van der Waals surface area contributed by atoms with Crippen LogP contribution >= 0.6 is 11.8 Å². The highest BCUT2D eigenvalue weighted by Gasteiger charge is 2.17. The van der Waals surface area contributed by atoms with Crippen LogP contribution in [0.1, 0.15) is 37.0 Å². The highest BCUT2D eigenvalue weighted by Crippen LogP contribution is 2.25. The van der Waals surface area contributed by atoms with Crippen LogP contribution in [0, 0.1) is 0 Å². The summed E-state index contributed by atoms with van der Waals surface area (Å²) in [5.41, 5.74) is 0.861. The summed E-state index contributed by atoms with van der Waals surface area (Å²) in [5, 5.41) is 17.6. The largest absolute Gasteiger partial charge is 0.480 e. The molecule has 3 rings (SSSR count). The summed E-state index contributed by atoms with van der Waals surface area (Å²) in [4.78, 5) is 0. The van der Waals surface area contributed by atoms with Crippen molar-refractivity contribution in [3.05, 3.63) is 47.8 Å². The van der Waals surface area contributed by atoms with E-state index in [2.05, 4.69) is 38.8 Å². The van der Waals surface area contributed by atoms with Gasteiger partial charge >= 0.3 is 0 Å². The summed E-state index contributed by atoms with van der Waals surface area (Å²) < 4.78 is 12.6. The zero-order valence-electron chi connectivity index (χ0n) is 13.8. The van der Waals surface area contributed by atoms with E-state index in [0.29, 0.717) is 18.2 Å². The minimum Gasteiger partial charge on any atom is -0.480 e. The lowest BCUT2D eigenvalue weighted by Gasteiger charge is -2.10. The standard InChI is InChI=1S/C16H19N5O2S/c1-11(2)15-19-20-16(21(15)9-13-5-4-8-23-13)24-10-12-6-7-14(22-3)18-17-12/h4-8,11H,9-10H2,1-3H3. The van der Waals surface area contributed by atoms with Crippen LogP contribution in [0.25, 0.3) is 0 Å². The maximum absolute atomic E-state index is 5.46. The quantitative estimate of drug-likeness (QED) is 0.609. The summed E-state index contributed by atoms with van der Waals surface area (Å²) >= 11 is 1.58. The van der Waals surface area contributed by atoms with Crippen LogP contribution in [0.4, 0.5) is 0 Å². The smallest absolute Gasteiger partial charge is 0.233 e. The van der Waals surface area contributed by atoms with Crippen molar-refractivity contribution in [2.24, 2.45) is 0 Å². The molecule has 0 N–H and O–H groups in total. The third-order valence-corrected chi connectivity index (χ3v) is 4.41. The number of thioether (sulfide) groups is 1. The van der Waals surface area contributed by atoms with Crippen molar-refractivity contribution >= 4 is 11.8 Å². The van der Waals surface area contributed by atoms with E-state index in [1.165, 1.54) is 0 Å². The molecule has 3 aromatic heterocycles. The van der Waals surface area contributed by atoms with Crippen molar-refractivity contribution in [1.82, 2.24) is 25.0 Å². The van der Waals surface area contributed by atoms with Crippen LogP contribution < -0.4 is 4.74 Å². The maximum atomic E-state index is 5.46. The molecule has 7 nitrogen and oxygen atoms in total. The van der Waals surface area contributed by atoms with Gasteiger partial charge < -0.3 is 9.15 Å². The van der Waals surface area contributed by atoms with Gasteiger partial charge in [0.25, 0.3) is 0 Å². The molecule has 0 bridgehead atoms. The molecule has 0 aromatic carbocycles. The molecular formula is C16H19N5O2S. The molecule has 0 spiro atoms. The third kappa shape index (κ3) is 3.76. The molecule has 0 saturated heterocycles. The lowest BCUT2D eigenvalue weighted by Crippen LogP contribution is -2.07. The average molecular weight is 345 g/mol. The number of aromatic nitrogens is 5. The number of ether oxygens (including phenoxy) is 1. The first-order chi connectivity index (χ1) is 11.7. The SMILES string of the molecule is COc1ccc(CSc2nnc(C(C)C)n2Cc2ccco2)nn1. The summed E-state index contributed by atoms with van der Waals surface area (Å²) in [6.07, 6.45) is 1.68. The fraction of sp³-hybridized carbons (Fsp3) is 0.375. The van der Waals surface area contributed by atoms with Gasteiger partial charge in [0, 0.05) is 17.7 Å². The Morgan fingerprint density at radius 3 is 2.67 bits per heavy atom. The number of methoxy groups -OCH3 is 1. The van der Waals surface area contributed by atoms with Crippen LogP contribution in [0.3, 0.4) is 0 Å². The minimum atomic E-state index is 0.280. The molecule has 3 aromatic rings. The van der Waals surface area contributed by atoms with E-state index in [4.69, 9.17) is 9.15 Å². The molecule has 0 aliphatic rings. The molecule has 0 atom stereocenters. The van der Waals surface area contributed by atoms with E-state index >= 15 is 0 Å². The monoisotopic (exact) mass is 345 g/mol. The molecule has 8 heteroatoms. The van der Waals surface area contributed by atoms with Gasteiger partial charge in [0.05, 0.1) is 25.6 Å². The molecule has 0 amide bonds. The van der Waals surface area contributed by atoms with Gasteiger partial charge in [-0.3, -0.25) is 4.57 Å². The van der Waals surface area contributed by atoms with Crippen molar-refractivity contribution in [3.8, 4) is 5.88 Å². The number of rotatable bonds is 7. The van der Waals surface area contributed by atoms with Gasteiger partial charge in [0.2, 0.25) is 5.88 Å². The summed E-state index contributed by atoms with van der Waals surface area (Å²) in [5.74, 6) is 3.26. The average Bonchev–Trinajstić information content (AvgIpc) is 3.24. The number of hydrogen-bond acceptors (Lipinski definition) is 7. The Balaban J connectivity index is 1.76. The van der Waals surface area contributed by atoms with Gasteiger partial charge in [0.1, 0.15) is 11.6 Å². The summed E-state index contributed by atoms with van der Waals surface area (Å²) in [6, 6.07) is 7.54. The van der Waals surface area contributed by atoms with E-state index in [1.807, 2.05) is 18.2 Å². The lowest BCUT2D eigenvalue weighted by atomic mass is 10.2. The van der Waals surface area contributed by atoms with E-state index < -0.39 is 0 Å². The van der Waals surface area contributed by atoms with Crippen LogP contribution in [0.2, 0.25) is 0 Å². The maximum Gasteiger partial charge on any atom is 0.233 e. The lowest BCUT2D eigenvalue weighted by molar-refractivity contribution is 0.391. The van der Waals surface area contributed by atoms with Gasteiger partial charge in [-0.15, -0.1) is 15.3 Å². The Kier molecular flexibility index (Phi) is 5.14. The fourth-order valence-corrected chi connectivity index (χ4v) is 3.06. The Bertz CT molecular complexity index is 768. The first-order valence-electron chi connectivity index (χ1n) is 7.62. The number of furan rings is 1. The van der Waals surface area contributed by atoms with Crippen molar-refractivity contribution < 1.29 is 9.15 Å². The van der Waals surface area contributed by atoms with Gasteiger partial charge in [-0.05, 0) is 18.2 Å². The molecule has 0 saturated carbocycles. The van der Waals surface area contributed by atoms with Gasteiger partial charge in [-0.25, -0.2) is 0 Å². The Morgan fingerprint density at radius 1 is 1.17 bits per heavy atom. The molecule has 3 heterocycles. The molecule has 126 valence electrons. The van der Waals surface area contributed by atoms with Crippen molar-refractivity contribution in [2.75, 3.05) is 7.11 Å². The van der Waals surface area contributed by atoms with Crippen LogP contribution in [-0.4, -0.2) is 32.1 Å². The predicted molar refractivity (Wildman–Crippen MR) is 90.1 cm³/mol. The van der Waals surface area contributed by atoms with E-state index in [-0.39, 0.29) is 5.92 Å². The second-order valence-electron chi connectivity index (χ2n) is 5.52. The molecular weight excluding hydrogens is 326 g/mol. The first kappa shape index (κ1) is 16.5. The first-order valence-corrected chi connectivity index (χ1v) is 8.60. The molecule has 0 aliphatic carbocycles. The van der Waals surface area contributed by atoms with Crippen molar-refractivity contribution in [1.29, 1.82) is 0 Å². The Hall–Kier alpha value is -2.35. The van der Waals surface area contributed by atoms with Gasteiger partial charge in [-0.1, -0.05) is 25.6 Å². The molecule has 0 unspecified atom stereocenters. The second kappa shape index (κ2) is 7.48. The van der Waals surface area contributed by atoms with E-state index in [0.717, 1.165) is 22.4 Å². The predicted octanol–water partition coefficient (Wildman–Crippen LogP) is 3.13. The van der Waals surface area contributed by atoms with Crippen molar-refractivity contribution in [3.63, 3.8) is 0 Å². The van der Waals surface area contributed by atoms with Gasteiger partial charge in [-0.2, -0.15) is 5.10 Å². The normalized spacial score (nSPS) is 11.2. The number of hydrogen-bond donors (Lipinski definition) is 0. The summed E-state index contributed by atoms with van der Waals surface area (Å²) in [6.45, 7) is 4.82. The number of nitrogens with zero attached hydrogens (tertiary/aromatic N) is 5. The van der Waals surface area contributed by atoms with Crippen LogP contribution in [-0.2, 0) is 12.3 Å². The van der Waals surface area contributed by atoms with Crippen LogP contribution in [0.5, 0.6) is 5.88 Å². The highest BCUT2D eigenvalue weighted by molar-refractivity contribution is 7.98. The molecule has 0 aliphatic heterocycles. The fourth-order valence-electron chi connectivity index (χ4n) is 2.21. The highest BCUT2D eigenvalue weighted by atomic mass is 32.2. The minimum absolute atomic E-state index is 0.280. The Labute approximate surface area is 144 Å². The molecule has 24 heavy (non-hydrogen) atoms. The summed E-state index contributed by atoms with van der Waals surface area (Å²) in [7, 11) is 1.57. The van der Waals surface area contributed by atoms with E-state index in [1.54, 1.807) is 31.2 Å². The molecule has 0 fully saturated rings. The second-order valence-corrected chi connectivity index (χ2v) is 6.46. The third-order valence-electron chi connectivity index (χ3n) is 3.41. The van der Waals surface area contributed by atoms with E-state index in [9.17, 15) is 0 Å². The zero-order chi connectivity index (χ0) is 16.9. The van der Waals surface area contributed by atoms with Crippen LogP contribution in [0.15, 0.2) is 40.1 Å². The van der Waals surface area contributed by atoms with Crippen molar-refractivity contribution in [2.45, 2.75) is 37.2 Å². The Morgan fingerprint density at radius 2 is 2.04 bits per heavy atom. The van der Waals surface area contributed by atoms with Gasteiger partial charge in [0.15, 0.2) is 5.16 Å². The topological polar surface area (TPSA) is 78.9 Å². The molecule has 0 radical (unpaired) electrons. The zero-order valence-corrected chi connectivity index (χ0v) is 14.7.